The Labute approximate surface area is 215 Å². The lowest BCUT2D eigenvalue weighted by Gasteiger charge is -2.37. The molecular weight excluding hydrogens is 472 g/mol. The summed E-state index contributed by atoms with van der Waals surface area (Å²) in [4.78, 5) is 6.75. The molecule has 5 rings (SSSR count). The van der Waals surface area contributed by atoms with Gasteiger partial charge in [0.25, 0.3) is 5.89 Å². The summed E-state index contributed by atoms with van der Waals surface area (Å²) < 4.78 is 16.8. The molecule has 1 aliphatic heterocycles. The minimum atomic E-state index is -0.319. The smallest absolute Gasteiger partial charge is 0.258 e. The number of hydrogen-bond acceptors (Lipinski definition) is 6. The first-order valence-electron chi connectivity index (χ1n) is 11.5. The highest BCUT2D eigenvalue weighted by Gasteiger charge is 2.35. The van der Waals surface area contributed by atoms with E-state index in [0.717, 1.165) is 45.1 Å². The maximum atomic E-state index is 5.85. The molecule has 0 saturated heterocycles. The minimum absolute atomic E-state index is 0.319. The Morgan fingerprint density at radius 2 is 1.61 bits per heavy atom. The van der Waals surface area contributed by atoms with Gasteiger partial charge in [-0.3, -0.25) is 4.90 Å². The molecule has 4 aromatic rings. The Bertz CT molecular complexity index is 1450. The zero-order chi connectivity index (χ0) is 25.2. The van der Waals surface area contributed by atoms with Gasteiger partial charge < -0.3 is 19.3 Å². The molecule has 0 spiro atoms. The number of aryl methyl sites for hydroxylation is 1. The van der Waals surface area contributed by atoms with Gasteiger partial charge in [0.2, 0.25) is 5.82 Å². The predicted octanol–water partition coefficient (Wildman–Crippen LogP) is 5.93. The van der Waals surface area contributed by atoms with E-state index in [1.54, 1.807) is 14.2 Å². The molecule has 7 nitrogen and oxygen atoms in total. The fourth-order valence-corrected chi connectivity index (χ4v) is 4.66. The van der Waals surface area contributed by atoms with Gasteiger partial charge in [-0.2, -0.15) is 4.98 Å². The lowest BCUT2D eigenvalue weighted by Crippen LogP contribution is -2.46. The number of rotatable bonds is 6. The average molecular weight is 499 g/mol. The fourth-order valence-electron chi connectivity index (χ4n) is 4.30. The summed E-state index contributed by atoms with van der Waals surface area (Å²) in [6, 6.07) is 23.3. The molecule has 0 radical (unpaired) electrons. The third kappa shape index (κ3) is 4.43. The number of thiocarbonyl (C=S) groups is 1. The third-order valence-electron chi connectivity index (χ3n) is 6.19. The van der Waals surface area contributed by atoms with Gasteiger partial charge in [-0.25, -0.2) is 0 Å². The Morgan fingerprint density at radius 1 is 0.917 bits per heavy atom. The highest BCUT2D eigenvalue weighted by molar-refractivity contribution is 7.80. The number of allylic oxidation sites excluding steroid dienone is 1. The largest absolute Gasteiger partial charge is 0.497 e. The average Bonchev–Trinajstić information content (AvgIpc) is 3.38. The molecule has 0 bridgehead atoms. The summed E-state index contributed by atoms with van der Waals surface area (Å²) in [6.45, 7) is 4.05. The molecule has 1 aliphatic rings. The van der Waals surface area contributed by atoms with Crippen LogP contribution in [0.3, 0.4) is 0 Å². The highest BCUT2D eigenvalue weighted by atomic mass is 32.1. The van der Waals surface area contributed by atoms with E-state index in [2.05, 4.69) is 10.5 Å². The topological polar surface area (TPSA) is 72.7 Å². The number of anilines is 1. The number of methoxy groups -OCH3 is 2. The van der Waals surface area contributed by atoms with Crippen molar-refractivity contribution in [2.75, 3.05) is 19.1 Å². The zero-order valence-corrected chi connectivity index (χ0v) is 21.3. The van der Waals surface area contributed by atoms with E-state index >= 15 is 0 Å². The first-order chi connectivity index (χ1) is 17.5. The van der Waals surface area contributed by atoms with Crippen LogP contribution in [-0.2, 0) is 0 Å². The fraction of sp³-hybridized carbons (Fsp3) is 0.179. The van der Waals surface area contributed by atoms with E-state index in [4.69, 9.17) is 31.2 Å². The molecule has 0 saturated carbocycles. The van der Waals surface area contributed by atoms with Crippen LogP contribution in [0.15, 0.2) is 83.0 Å². The second-order valence-electron chi connectivity index (χ2n) is 8.48. The van der Waals surface area contributed by atoms with Gasteiger partial charge in [0.15, 0.2) is 5.11 Å². The van der Waals surface area contributed by atoms with Gasteiger partial charge >= 0.3 is 0 Å². The van der Waals surface area contributed by atoms with Crippen LogP contribution >= 0.6 is 12.2 Å². The van der Waals surface area contributed by atoms with Crippen LogP contribution in [0, 0.1) is 6.92 Å². The number of nitrogens with one attached hydrogen (secondary N) is 1. The number of benzene rings is 3. The van der Waals surface area contributed by atoms with Crippen LogP contribution < -0.4 is 19.7 Å². The summed E-state index contributed by atoms with van der Waals surface area (Å²) in [5, 5.41) is 8.32. The van der Waals surface area contributed by atoms with Crippen molar-refractivity contribution in [3.8, 4) is 22.9 Å². The second kappa shape index (κ2) is 9.83. The Balaban J connectivity index is 1.66. The van der Waals surface area contributed by atoms with Crippen LogP contribution in [0.1, 0.15) is 30.0 Å². The van der Waals surface area contributed by atoms with Gasteiger partial charge in [-0.1, -0.05) is 53.2 Å². The van der Waals surface area contributed by atoms with Gasteiger partial charge in [0, 0.05) is 17.3 Å². The van der Waals surface area contributed by atoms with Crippen molar-refractivity contribution in [2.24, 2.45) is 0 Å². The maximum Gasteiger partial charge on any atom is 0.258 e. The van der Waals surface area contributed by atoms with Crippen LogP contribution in [0.25, 0.3) is 17.0 Å². The van der Waals surface area contributed by atoms with Crippen LogP contribution in [0.5, 0.6) is 11.5 Å². The van der Waals surface area contributed by atoms with E-state index in [9.17, 15) is 0 Å². The first kappa shape index (κ1) is 23.6. The summed E-state index contributed by atoms with van der Waals surface area (Å²) in [6.07, 6.45) is 0. The van der Waals surface area contributed by atoms with E-state index in [0.29, 0.717) is 16.8 Å². The normalized spacial score (nSPS) is 15.6. The Morgan fingerprint density at radius 3 is 2.33 bits per heavy atom. The Hall–Kier alpha value is -4.17. The number of nitrogens with zero attached hydrogens (tertiary/aromatic N) is 3. The molecule has 1 atom stereocenters. The van der Waals surface area contributed by atoms with Crippen molar-refractivity contribution in [3.05, 3.63) is 95.5 Å². The molecule has 1 aromatic heterocycles. The molecule has 0 aliphatic carbocycles. The molecule has 1 unspecified atom stereocenters. The van der Waals surface area contributed by atoms with E-state index in [-0.39, 0.29) is 6.04 Å². The molecular formula is C28H26N4O3S. The van der Waals surface area contributed by atoms with Gasteiger partial charge in [0.05, 0.1) is 31.5 Å². The highest BCUT2D eigenvalue weighted by Crippen LogP contribution is 2.40. The molecule has 36 heavy (non-hydrogen) atoms. The summed E-state index contributed by atoms with van der Waals surface area (Å²) in [5.41, 5.74) is 5.58. The van der Waals surface area contributed by atoms with Crippen molar-refractivity contribution in [3.63, 3.8) is 0 Å². The van der Waals surface area contributed by atoms with Crippen LogP contribution in [0.2, 0.25) is 0 Å². The number of aromatic nitrogens is 2. The molecule has 0 fully saturated rings. The molecule has 2 heterocycles. The number of hydrogen-bond donors (Lipinski definition) is 1. The quantitative estimate of drug-likeness (QED) is 0.328. The standard InChI is InChI=1S/C28H26N4O3S/c1-17-11-13-19(14-12-17)26-30-27(35-31-26)24-18(2)32(21-8-6-10-23(16-21)34-4)28(36)29-25(24)20-7-5-9-22(15-20)33-3/h5-16,25H,1-4H3,(H,29,36). The van der Waals surface area contributed by atoms with Gasteiger partial charge in [-0.05, 0) is 55.9 Å². The predicted molar refractivity (Wildman–Crippen MR) is 144 cm³/mol. The molecule has 1 N–H and O–H groups in total. The third-order valence-corrected chi connectivity index (χ3v) is 6.49. The maximum absolute atomic E-state index is 5.85. The van der Waals surface area contributed by atoms with Crippen molar-refractivity contribution in [1.82, 2.24) is 15.5 Å². The molecule has 182 valence electrons. The zero-order valence-electron chi connectivity index (χ0n) is 20.5. The lowest BCUT2D eigenvalue weighted by atomic mass is 9.94. The van der Waals surface area contributed by atoms with Crippen molar-refractivity contribution < 1.29 is 14.0 Å². The molecule has 8 heteroatoms. The summed E-state index contributed by atoms with van der Waals surface area (Å²) in [5.74, 6) is 2.42. The van der Waals surface area contributed by atoms with Gasteiger partial charge in [-0.15, -0.1) is 0 Å². The summed E-state index contributed by atoms with van der Waals surface area (Å²) in [7, 11) is 3.29. The van der Waals surface area contributed by atoms with E-state index in [1.165, 1.54) is 0 Å². The number of ether oxygens (including phenoxy) is 2. The summed E-state index contributed by atoms with van der Waals surface area (Å²) >= 11 is 5.84. The first-order valence-corrected chi connectivity index (χ1v) is 11.9. The van der Waals surface area contributed by atoms with E-state index < -0.39 is 0 Å². The molecule has 0 amide bonds. The lowest BCUT2D eigenvalue weighted by molar-refractivity contribution is 0.403. The Kier molecular flexibility index (Phi) is 6.43. The van der Waals surface area contributed by atoms with Gasteiger partial charge in [0.1, 0.15) is 11.5 Å². The monoisotopic (exact) mass is 498 g/mol. The van der Waals surface area contributed by atoms with Crippen LogP contribution in [0.4, 0.5) is 5.69 Å². The molecule has 3 aromatic carbocycles. The minimum Gasteiger partial charge on any atom is -0.497 e. The van der Waals surface area contributed by atoms with Crippen LogP contribution in [-0.4, -0.2) is 29.5 Å². The van der Waals surface area contributed by atoms with Crippen molar-refractivity contribution in [2.45, 2.75) is 19.9 Å². The SMILES string of the molecule is COc1cccc(C2NC(=S)N(c3cccc(OC)c3)C(C)=C2c2nc(-c3ccc(C)cc3)no2)c1. The van der Waals surface area contributed by atoms with E-state index in [1.807, 2.05) is 91.5 Å². The second-order valence-corrected chi connectivity index (χ2v) is 8.87. The van der Waals surface area contributed by atoms with Crippen molar-refractivity contribution in [1.29, 1.82) is 0 Å². The van der Waals surface area contributed by atoms with Crippen molar-refractivity contribution >= 4 is 28.6 Å².